The molecule has 0 bridgehead atoms. The van der Waals surface area contributed by atoms with Gasteiger partial charge in [0.25, 0.3) is 5.95 Å². The van der Waals surface area contributed by atoms with E-state index in [1.54, 1.807) is 20.4 Å². The monoisotopic (exact) mass is 510 g/mol. The molecule has 1 N–H and O–H groups in total. The van der Waals surface area contributed by atoms with E-state index in [0.717, 1.165) is 45.1 Å². The third-order valence-electron chi connectivity index (χ3n) is 5.44. The van der Waals surface area contributed by atoms with Crippen LogP contribution in [0.25, 0.3) is 22.1 Å². The van der Waals surface area contributed by atoms with Crippen molar-refractivity contribution < 1.29 is 9.47 Å². The van der Waals surface area contributed by atoms with Gasteiger partial charge in [-0.15, -0.1) is 10.2 Å². The lowest BCUT2D eigenvalue weighted by atomic mass is 10.2. The van der Waals surface area contributed by atoms with Gasteiger partial charge >= 0.3 is 0 Å². The number of aryl methyl sites for hydroxylation is 1. The predicted octanol–water partition coefficient (Wildman–Crippen LogP) is 5.79. The van der Waals surface area contributed by atoms with Crippen LogP contribution >= 0.6 is 15.9 Å². The summed E-state index contributed by atoms with van der Waals surface area (Å²) in [6.45, 7) is 3.11. The van der Waals surface area contributed by atoms with Crippen LogP contribution in [0.2, 0.25) is 0 Å². The molecule has 0 fully saturated rings. The molecule has 8 nitrogen and oxygen atoms in total. The average Bonchev–Trinajstić information content (AvgIpc) is 3.14. The van der Waals surface area contributed by atoms with Crippen LogP contribution in [0.15, 0.2) is 46.0 Å². The van der Waals surface area contributed by atoms with Crippen molar-refractivity contribution in [2.45, 2.75) is 39.2 Å². The maximum Gasteiger partial charge on any atom is 0.265 e. The molecule has 0 atom stereocenters. The third-order valence-corrected chi connectivity index (χ3v) is 6.03. The van der Waals surface area contributed by atoms with E-state index < -0.39 is 0 Å². The fourth-order valence-corrected chi connectivity index (χ4v) is 4.47. The number of rotatable bonds is 10. The van der Waals surface area contributed by atoms with Gasteiger partial charge in [-0.3, -0.25) is 0 Å². The van der Waals surface area contributed by atoms with Gasteiger partial charge < -0.3 is 14.0 Å². The van der Waals surface area contributed by atoms with Crippen LogP contribution in [-0.4, -0.2) is 40.2 Å². The second-order valence-corrected chi connectivity index (χ2v) is 8.50. The van der Waals surface area contributed by atoms with E-state index in [4.69, 9.17) is 14.5 Å². The smallest absolute Gasteiger partial charge is 0.265 e. The minimum absolute atomic E-state index is 0.343. The molecule has 2 heterocycles. The van der Waals surface area contributed by atoms with Gasteiger partial charge in [-0.2, -0.15) is 10.1 Å². The van der Waals surface area contributed by atoms with E-state index in [2.05, 4.69) is 60.3 Å². The van der Waals surface area contributed by atoms with Crippen LogP contribution in [-0.2, 0) is 6.54 Å². The highest BCUT2D eigenvalue weighted by Crippen LogP contribution is 2.35. The summed E-state index contributed by atoms with van der Waals surface area (Å²) >= 11 is 3.49. The van der Waals surface area contributed by atoms with Crippen molar-refractivity contribution in [1.29, 1.82) is 0 Å². The van der Waals surface area contributed by atoms with Gasteiger partial charge in [0, 0.05) is 11.9 Å². The van der Waals surface area contributed by atoms with Crippen molar-refractivity contribution >= 4 is 50.2 Å². The van der Waals surface area contributed by atoms with E-state index >= 15 is 0 Å². The Morgan fingerprint density at radius 2 is 1.94 bits per heavy atom. The number of hydrogen-bond donors (Lipinski definition) is 1. The molecule has 0 aliphatic carbocycles. The Morgan fingerprint density at radius 1 is 1.09 bits per heavy atom. The van der Waals surface area contributed by atoms with E-state index in [-0.39, 0.29) is 0 Å². The molecule has 0 saturated carbocycles. The predicted molar refractivity (Wildman–Crippen MR) is 135 cm³/mol. The van der Waals surface area contributed by atoms with Crippen LogP contribution in [0, 0.1) is 0 Å². The van der Waals surface area contributed by atoms with E-state index in [1.807, 2.05) is 24.3 Å². The Morgan fingerprint density at radius 3 is 2.73 bits per heavy atom. The number of para-hydroxylation sites is 1. The van der Waals surface area contributed by atoms with Gasteiger partial charge in [0.1, 0.15) is 5.52 Å². The van der Waals surface area contributed by atoms with Crippen molar-refractivity contribution in [3.05, 3.63) is 46.4 Å². The molecule has 2 aromatic heterocycles. The second kappa shape index (κ2) is 10.6. The molecule has 4 rings (SSSR count). The Hall–Kier alpha value is -3.20. The van der Waals surface area contributed by atoms with E-state index in [0.29, 0.717) is 17.4 Å². The molecule has 0 radical (unpaired) electrons. The van der Waals surface area contributed by atoms with Crippen LogP contribution < -0.4 is 14.9 Å². The molecular formula is C24H27BrN6O2. The van der Waals surface area contributed by atoms with Gasteiger partial charge in [-0.25, -0.2) is 5.43 Å². The number of fused-ring (bicyclic) bond motifs is 3. The highest BCUT2D eigenvalue weighted by atomic mass is 79.9. The van der Waals surface area contributed by atoms with E-state index in [1.165, 1.54) is 19.3 Å². The zero-order chi connectivity index (χ0) is 23.2. The maximum atomic E-state index is 5.39. The minimum Gasteiger partial charge on any atom is -0.493 e. The first kappa shape index (κ1) is 23.0. The van der Waals surface area contributed by atoms with Crippen molar-refractivity contribution in [1.82, 2.24) is 19.7 Å². The molecule has 0 unspecified atom stereocenters. The molecule has 0 spiro atoms. The summed E-state index contributed by atoms with van der Waals surface area (Å²) in [5.74, 6) is 1.59. The molecule has 9 heteroatoms. The van der Waals surface area contributed by atoms with Crippen LogP contribution in [0.5, 0.6) is 11.5 Å². The number of ether oxygens (including phenoxy) is 2. The summed E-state index contributed by atoms with van der Waals surface area (Å²) in [7, 11) is 3.20. The SMILES string of the molecule is CCCCCCn1c2ccccc2c2nnc(N/N=C/c3cc(Br)c(OC)c(OC)c3)nc21. The zero-order valence-electron chi connectivity index (χ0n) is 19.0. The summed E-state index contributed by atoms with van der Waals surface area (Å²) in [6, 6.07) is 12.0. The number of methoxy groups -OCH3 is 2. The lowest BCUT2D eigenvalue weighted by Gasteiger charge is -2.10. The highest BCUT2D eigenvalue weighted by Gasteiger charge is 2.14. The lowest BCUT2D eigenvalue weighted by molar-refractivity contribution is 0.353. The molecule has 0 saturated heterocycles. The van der Waals surface area contributed by atoms with Gasteiger partial charge in [-0.1, -0.05) is 44.4 Å². The number of hydrogen-bond acceptors (Lipinski definition) is 7. The summed E-state index contributed by atoms with van der Waals surface area (Å²) in [5.41, 5.74) is 6.47. The number of nitrogens with one attached hydrogen (secondary N) is 1. The molecule has 4 aromatic rings. The normalized spacial score (nSPS) is 11.5. The topological polar surface area (TPSA) is 86.5 Å². The van der Waals surface area contributed by atoms with Gasteiger partial charge in [0.2, 0.25) is 0 Å². The van der Waals surface area contributed by atoms with Crippen molar-refractivity contribution in [2.24, 2.45) is 5.10 Å². The summed E-state index contributed by atoms with van der Waals surface area (Å²) in [6.07, 6.45) is 6.40. The average molecular weight is 511 g/mol. The Bertz CT molecular complexity index is 1290. The fraction of sp³-hybridized carbons (Fsp3) is 0.333. The first-order chi connectivity index (χ1) is 16.2. The number of aromatic nitrogens is 4. The van der Waals surface area contributed by atoms with Crippen LogP contribution in [0.4, 0.5) is 5.95 Å². The lowest BCUT2D eigenvalue weighted by Crippen LogP contribution is -2.03. The molecular weight excluding hydrogens is 484 g/mol. The van der Waals surface area contributed by atoms with Crippen LogP contribution in [0.1, 0.15) is 38.2 Å². The first-order valence-electron chi connectivity index (χ1n) is 11.0. The molecule has 33 heavy (non-hydrogen) atoms. The Balaban J connectivity index is 1.60. The van der Waals surface area contributed by atoms with Gasteiger partial charge in [0.15, 0.2) is 17.1 Å². The quantitative estimate of drug-likeness (QED) is 0.165. The summed E-state index contributed by atoms with van der Waals surface area (Å²) in [4.78, 5) is 4.73. The molecule has 172 valence electrons. The molecule has 0 aliphatic heterocycles. The number of nitrogens with zero attached hydrogens (tertiary/aromatic N) is 5. The zero-order valence-corrected chi connectivity index (χ0v) is 20.6. The van der Waals surface area contributed by atoms with E-state index in [9.17, 15) is 0 Å². The van der Waals surface area contributed by atoms with Crippen molar-refractivity contribution in [3.8, 4) is 11.5 Å². The molecule has 0 amide bonds. The summed E-state index contributed by atoms with van der Waals surface area (Å²) < 4.78 is 13.7. The number of halogens is 1. The second-order valence-electron chi connectivity index (χ2n) is 7.65. The third kappa shape index (κ3) is 4.93. The van der Waals surface area contributed by atoms with Crippen LogP contribution in [0.3, 0.4) is 0 Å². The van der Waals surface area contributed by atoms with Gasteiger partial charge in [-0.05, 0) is 46.1 Å². The van der Waals surface area contributed by atoms with Crippen molar-refractivity contribution in [3.63, 3.8) is 0 Å². The standard InChI is InChI=1S/C24H27BrN6O2/c1-4-5-6-9-12-31-19-11-8-7-10-17(19)21-23(31)27-24(30-28-21)29-26-15-16-13-18(25)22(33-3)20(14-16)32-2/h7-8,10-11,13-15H,4-6,9,12H2,1-3H3,(H,27,29,30)/b26-15+. The Kier molecular flexibility index (Phi) is 7.39. The summed E-state index contributed by atoms with van der Waals surface area (Å²) in [5, 5.41) is 14.0. The first-order valence-corrected chi connectivity index (χ1v) is 11.8. The van der Waals surface area contributed by atoms with Crippen molar-refractivity contribution in [2.75, 3.05) is 19.6 Å². The molecule has 2 aromatic carbocycles. The number of benzene rings is 2. The number of hydrazone groups is 1. The number of anilines is 1. The number of unbranched alkanes of at least 4 members (excludes halogenated alkanes) is 3. The minimum atomic E-state index is 0.343. The van der Waals surface area contributed by atoms with Gasteiger partial charge in [0.05, 0.1) is 30.4 Å². The maximum absolute atomic E-state index is 5.39. The fourth-order valence-electron chi connectivity index (χ4n) is 3.85. The molecule has 0 aliphatic rings. The Labute approximate surface area is 201 Å². The largest absolute Gasteiger partial charge is 0.493 e. The highest BCUT2D eigenvalue weighted by molar-refractivity contribution is 9.10.